The first kappa shape index (κ1) is 13.6. The fraction of sp³-hybridized carbons (Fsp3) is 0.786. The van der Waals surface area contributed by atoms with Crippen LogP contribution in [0.4, 0.5) is 0 Å². The number of ether oxygens (including phenoxy) is 1. The average Bonchev–Trinajstić information content (AvgIpc) is 2.74. The Morgan fingerprint density at radius 1 is 1.39 bits per heavy atom. The number of nitrogens with zero attached hydrogens (tertiary/aromatic N) is 2. The van der Waals surface area contributed by atoms with Crippen molar-refractivity contribution < 1.29 is 9.84 Å². The molecule has 18 heavy (non-hydrogen) atoms. The van der Waals surface area contributed by atoms with E-state index in [1.807, 2.05) is 17.7 Å². The van der Waals surface area contributed by atoms with E-state index in [9.17, 15) is 5.11 Å². The van der Waals surface area contributed by atoms with Crippen LogP contribution in [0.1, 0.15) is 57.2 Å². The van der Waals surface area contributed by atoms with Gasteiger partial charge < -0.3 is 9.84 Å². The van der Waals surface area contributed by atoms with Crippen LogP contribution in [0, 0.1) is 0 Å². The van der Waals surface area contributed by atoms with E-state index in [-0.39, 0.29) is 0 Å². The number of aliphatic hydroxyl groups is 1. The highest BCUT2D eigenvalue weighted by Gasteiger charge is 2.40. The molecule has 0 radical (unpaired) electrons. The van der Waals surface area contributed by atoms with Crippen LogP contribution in [-0.2, 0) is 11.3 Å². The summed E-state index contributed by atoms with van der Waals surface area (Å²) in [6.07, 6.45) is 7.77. The lowest BCUT2D eigenvalue weighted by atomic mass is 9.86. The molecule has 0 aliphatic heterocycles. The fourth-order valence-corrected chi connectivity index (χ4v) is 3.03. The molecule has 4 nitrogen and oxygen atoms in total. The number of aryl methyl sites for hydroxylation is 1. The fourth-order valence-electron chi connectivity index (χ4n) is 3.03. The molecule has 0 amide bonds. The van der Waals surface area contributed by atoms with Gasteiger partial charge in [-0.3, -0.25) is 4.68 Å². The number of aliphatic hydroxyl groups excluding tert-OH is 1. The molecule has 0 aromatic carbocycles. The molecule has 1 atom stereocenters. The van der Waals surface area contributed by atoms with Crippen LogP contribution >= 0.6 is 0 Å². The monoisotopic (exact) mass is 252 g/mol. The Morgan fingerprint density at radius 3 is 2.61 bits per heavy atom. The molecule has 1 fully saturated rings. The summed E-state index contributed by atoms with van der Waals surface area (Å²) < 4.78 is 7.61. The van der Waals surface area contributed by atoms with Gasteiger partial charge in [0.1, 0.15) is 6.10 Å². The van der Waals surface area contributed by atoms with Gasteiger partial charge in [0.05, 0.1) is 11.3 Å². The molecular formula is C14H24N2O2. The molecule has 1 N–H and O–H groups in total. The van der Waals surface area contributed by atoms with Crippen LogP contribution < -0.4 is 0 Å². The predicted octanol–water partition coefficient (Wildman–Crippen LogP) is 2.68. The molecule has 1 aliphatic carbocycles. The topological polar surface area (TPSA) is 47.3 Å². The van der Waals surface area contributed by atoms with Crippen LogP contribution in [0.3, 0.4) is 0 Å². The third-order valence-electron chi connectivity index (χ3n) is 4.18. The zero-order valence-corrected chi connectivity index (χ0v) is 11.4. The summed E-state index contributed by atoms with van der Waals surface area (Å²) in [5.74, 6) is 0. The predicted molar refractivity (Wildman–Crippen MR) is 70.3 cm³/mol. The third-order valence-corrected chi connectivity index (χ3v) is 4.18. The van der Waals surface area contributed by atoms with Gasteiger partial charge in [-0.15, -0.1) is 0 Å². The van der Waals surface area contributed by atoms with E-state index in [2.05, 4.69) is 5.10 Å². The largest absolute Gasteiger partial charge is 0.384 e. The van der Waals surface area contributed by atoms with Gasteiger partial charge >= 0.3 is 0 Å². The maximum atomic E-state index is 10.7. The average molecular weight is 252 g/mol. The molecule has 0 spiro atoms. The highest BCUT2D eigenvalue weighted by Crippen LogP contribution is 2.39. The minimum Gasteiger partial charge on any atom is -0.384 e. The van der Waals surface area contributed by atoms with E-state index in [4.69, 9.17) is 4.74 Å². The highest BCUT2D eigenvalue weighted by molar-refractivity contribution is 5.11. The van der Waals surface area contributed by atoms with Gasteiger partial charge in [-0.25, -0.2) is 0 Å². The van der Waals surface area contributed by atoms with Gasteiger partial charge in [0.25, 0.3) is 0 Å². The Labute approximate surface area is 109 Å². The van der Waals surface area contributed by atoms with Crippen molar-refractivity contribution in [2.45, 2.75) is 63.7 Å². The first-order valence-electron chi connectivity index (χ1n) is 6.98. The first-order valence-corrected chi connectivity index (χ1v) is 6.98. The minimum absolute atomic E-state index is 0.427. The van der Waals surface area contributed by atoms with Crippen molar-refractivity contribution in [1.82, 2.24) is 9.78 Å². The van der Waals surface area contributed by atoms with Gasteiger partial charge in [-0.2, -0.15) is 5.10 Å². The lowest BCUT2D eigenvalue weighted by Crippen LogP contribution is -2.39. The maximum Gasteiger partial charge on any atom is 0.124 e. The minimum atomic E-state index is -0.581. The van der Waals surface area contributed by atoms with E-state index in [1.54, 1.807) is 13.3 Å². The van der Waals surface area contributed by atoms with Crippen molar-refractivity contribution in [3.63, 3.8) is 0 Å². The van der Waals surface area contributed by atoms with Crippen LogP contribution in [0.2, 0.25) is 0 Å². The summed E-state index contributed by atoms with van der Waals surface area (Å²) in [7, 11) is 1.72. The molecule has 1 saturated carbocycles. The zero-order chi connectivity index (χ0) is 13.0. The Kier molecular flexibility index (Phi) is 4.40. The summed E-state index contributed by atoms with van der Waals surface area (Å²) in [6.45, 7) is 2.81. The molecule has 1 unspecified atom stereocenters. The van der Waals surface area contributed by atoms with Crippen LogP contribution in [0.5, 0.6) is 0 Å². The zero-order valence-electron chi connectivity index (χ0n) is 11.4. The number of aromatic nitrogens is 2. The van der Waals surface area contributed by atoms with Crippen molar-refractivity contribution in [1.29, 1.82) is 0 Å². The maximum absolute atomic E-state index is 10.7. The summed E-state index contributed by atoms with van der Waals surface area (Å²) in [4.78, 5) is 0. The number of hydrogen-bond donors (Lipinski definition) is 1. The number of methoxy groups -OCH3 is 1. The van der Waals surface area contributed by atoms with Crippen molar-refractivity contribution >= 4 is 0 Å². The molecule has 1 aliphatic rings. The van der Waals surface area contributed by atoms with Crippen LogP contribution in [0.25, 0.3) is 0 Å². The molecule has 4 heteroatoms. The second-order valence-electron chi connectivity index (χ2n) is 5.16. The smallest absolute Gasteiger partial charge is 0.124 e. The van der Waals surface area contributed by atoms with E-state index >= 15 is 0 Å². The lowest BCUT2D eigenvalue weighted by Gasteiger charge is -2.36. The Bertz CT molecular complexity index is 368. The lowest BCUT2D eigenvalue weighted by molar-refractivity contribution is -0.116. The van der Waals surface area contributed by atoms with Gasteiger partial charge in [0, 0.05) is 19.9 Å². The van der Waals surface area contributed by atoms with E-state index in [0.717, 1.165) is 37.9 Å². The van der Waals surface area contributed by atoms with Gasteiger partial charge in [0.2, 0.25) is 0 Å². The molecular weight excluding hydrogens is 228 g/mol. The van der Waals surface area contributed by atoms with Gasteiger partial charge in [0.15, 0.2) is 0 Å². The second kappa shape index (κ2) is 5.85. The molecule has 102 valence electrons. The quantitative estimate of drug-likeness (QED) is 0.838. The van der Waals surface area contributed by atoms with Crippen molar-refractivity contribution in [3.8, 4) is 0 Å². The Morgan fingerprint density at radius 2 is 2.06 bits per heavy atom. The Balaban J connectivity index is 2.25. The highest BCUT2D eigenvalue weighted by atomic mass is 16.5. The summed E-state index contributed by atoms with van der Waals surface area (Å²) in [5.41, 5.74) is 0.449. The van der Waals surface area contributed by atoms with Gasteiger partial charge in [-0.05, 0) is 25.8 Å². The van der Waals surface area contributed by atoms with E-state index < -0.39 is 11.7 Å². The first-order chi connectivity index (χ1) is 8.73. The van der Waals surface area contributed by atoms with Gasteiger partial charge in [-0.1, -0.05) is 25.7 Å². The van der Waals surface area contributed by atoms with E-state index in [1.165, 1.54) is 12.8 Å². The van der Waals surface area contributed by atoms with E-state index in [0.29, 0.717) is 0 Å². The summed E-state index contributed by atoms with van der Waals surface area (Å²) in [5, 5.41) is 15.0. The summed E-state index contributed by atoms with van der Waals surface area (Å²) >= 11 is 0. The van der Waals surface area contributed by atoms with Crippen molar-refractivity contribution in [3.05, 3.63) is 18.0 Å². The Hall–Kier alpha value is -0.870. The van der Waals surface area contributed by atoms with Crippen molar-refractivity contribution in [2.75, 3.05) is 7.11 Å². The molecule has 1 heterocycles. The number of hydrogen-bond acceptors (Lipinski definition) is 3. The molecule has 0 saturated heterocycles. The standard InChI is InChI=1S/C14H24N2O2/c1-3-16-12(8-11-15-16)13(17)14(18-2)9-6-4-5-7-10-14/h8,11,13,17H,3-7,9-10H2,1-2H3. The molecule has 1 aromatic rings. The second-order valence-corrected chi connectivity index (χ2v) is 5.16. The van der Waals surface area contributed by atoms with Crippen LogP contribution in [0.15, 0.2) is 12.3 Å². The molecule has 2 rings (SSSR count). The SMILES string of the molecule is CCn1nccc1C(O)C1(OC)CCCCCC1. The third kappa shape index (κ3) is 2.45. The van der Waals surface area contributed by atoms with Crippen LogP contribution in [-0.4, -0.2) is 27.6 Å². The normalized spacial score (nSPS) is 21.5. The summed E-state index contributed by atoms with van der Waals surface area (Å²) in [6, 6.07) is 1.90. The van der Waals surface area contributed by atoms with Crippen molar-refractivity contribution in [2.24, 2.45) is 0 Å². The number of rotatable bonds is 4. The molecule has 1 aromatic heterocycles. The molecule has 0 bridgehead atoms.